The molecule has 1 saturated heterocycles. The average Bonchev–Trinajstić information content (AvgIpc) is 2.47. The Morgan fingerprint density at radius 1 is 1.35 bits per heavy atom. The van der Waals surface area contributed by atoms with Gasteiger partial charge in [-0.15, -0.1) is 10.2 Å². The lowest BCUT2D eigenvalue weighted by atomic mass is 9.93. The number of piperidine rings is 1. The number of aromatic nitrogens is 2. The van der Waals surface area contributed by atoms with Gasteiger partial charge < -0.3 is 14.7 Å². The van der Waals surface area contributed by atoms with Gasteiger partial charge in [-0.2, -0.15) is 0 Å². The van der Waals surface area contributed by atoms with Gasteiger partial charge in [0.25, 0.3) is 5.91 Å². The molecule has 1 fully saturated rings. The van der Waals surface area contributed by atoms with Gasteiger partial charge in [0.1, 0.15) is 0 Å². The van der Waals surface area contributed by atoms with Crippen LogP contribution in [0.15, 0.2) is 12.1 Å². The lowest BCUT2D eigenvalue weighted by Crippen LogP contribution is -2.39. The highest BCUT2D eigenvalue weighted by molar-refractivity contribution is 5.92. The van der Waals surface area contributed by atoms with Crippen molar-refractivity contribution in [2.45, 2.75) is 19.3 Å². The van der Waals surface area contributed by atoms with Crippen LogP contribution in [-0.4, -0.2) is 52.3 Å². The fourth-order valence-corrected chi connectivity index (χ4v) is 2.29. The van der Waals surface area contributed by atoms with E-state index in [4.69, 9.17) is 9.84 Å². The van der Waals surface area contributed by atoms with Crippen molar-refractivity contribution in [3.8, 4) is 5.88 Å². The van der Waals surface area contributed by atoms with Crippen molar-refractivity contribution in [3.63, 3.8) is 0 Å². The maximum atomic E-state index is 12.2. The Morgan fingerprint density at radius 2 is 2.05 bits per heavy atom. The molecule has 2 heterocycles. The number of aliphatic carboxylic acids is 1. The lowest BCUT2D eigenvalue weighted by Gasteiger charge is -2.31. The summed E-state index contributed by atoms with van der Waals surface area (Å²) in [7, 11) is 1.48. The fraction of sp³-hybridized carbons (Fsp3) is 0.538. The number of carbonyl (C=O) groups excluding carboxylic acids is 1. The molecule has 2 rings (SSSR count). The van der Waals surface area contributed by atoms with E-state index in [0.717, 1.165) is 0 Å². The molecule has 1 aliphatic heterocycles. The second kappa shape index (κ2) is 6.31. The summed E-state index contributed by atoms with van der Waals surface area (Å²) in [5, 5.41) is 16.4. The van der Waals surface area contributed by atoms with Gasteiger partial charge >= 0.3 is 5.97 Å². The van der Waals surface area contributed by atoms with E-state index in [1.165, 1.54) is 7.11 Å². The molecular weight excluding hydrogens is 262 g/mol. The summed E-state index contributed by atoms with van der Waals surface area (Å²) < 4.78 is 4.89. The smallest absolute Gasteiger partial charge is 0.303 e. The second-order valence-corrected chi connectivity index (χ2v) is 4.79. The molecule has 1 amide bonds. The molecule has 1 aliphatic rings. The highest BCUT2D eigenvalue weighted by Crippen LogP contribution is 2.21. The minimum Gasteiger partial charge on any atom is -0.481 e. The maximum absolute atomic E-state index is 12.2. The SMILES string of the molecule is COc1ccc(C(=O)N2CCC(CC(=O)O)CC2)nn1. The molecule has 108 valence electrons. The van der Waals surface area contributed by atoms with Crippen LogP contribution in [-0.2, 0) is 4.79 Å². The Balaban J connectivity index is 1.92. The molecule has 1 aromatic heterocycles. The molecule has 0 bridgehead atoms. The molecule has 0 aliphatic carbocycles. The predicted octanol–water partition coefficient (Wildman–Crippen LogP) is 0.812. The Bertz CT molecular complexity index is 481. The molecule has 0 saturated carbocycles. The van der Waals surface area contributed by atoms with Crippen LogP contribution in [0.25, 0.3) is 0 Å². The fourth-order valence-electron chi connectivity index (χ4n) is 2.29. The van der Waals surface area contributed by atoms with E-state index in [1.54, 1.807) is 17.0 Å². The number of likely N-dealkylation sites (tertiary alicyclic amines) is 1. The van der Waals surface area contributed by atoms with Crippen LogP contribution in [0.5, 0.6) is 5.88 Å². The minimum atomic E-state index is -0.782. The van der Waals surface area contributed by atoms with Gasteiger partial charge in [0.15, 0.2) is 5.69 Å². The summed E-state index contributed by atoms with van der Waals surface area (Å²) in [4.78, 5) is 24.5. The number of carboxylic acids is 1. The molecular formula is C13H17N3O4. The Hall–Kier alpha value is -2.18. The van der Waals surface area contributed by atoms with Crippen LogP contribution in [0, 0.1) is 5.92 Å². The van der Waals surface area contributed by atoms with Crippen molar-refractivity contribution in [1.29, 1.82) is 0 Å². The Kier molecular flexibility index (Phi) is 4.49. The first kappa shape index (κ1) is 14.2. The minimum absolute atomic E-state index is 0.151. The van der Waals surface area contributed by atoms with Crippen molar-refractivity contribution in [1.82, 2.24) is 15.1 Å². The molecule has 1 N–H and O–H groups in total. The third-order valence-corrected chi connectivity index (χ3v) is 3.43. The van der Waals surface area contributed by atoms with Crippen molar-refractivity contribution < 1.29 is 19.4 Å². The number of amides is 1. The number of hydrogen-bond acceptors (Lipinski definition) is 5. The molecule has 0 atom stereocenters. The zero-order chi connectivity index (χ0) is 14.5. The van der Waals surface area contributed by atoms with Gasteiger partial charge in [-0.1, -0.05) is 0 Å². The van der Waals surface area contributed by atoms with Crippen molar-refractivity contribution >= 4 is 11.9 Å². The number of carboxylic acid groups (broad SMARTS) is 1. The van der Waals surface area contributed by atoms with Gasteiger partial charge in [-0.05, 0) is 24.8 Å². The number of carbonyl (C=O) groups is 2. The van der Waals surface area contributed by atoms with Crippen molar-refractivity contribution in [2.75, 3.05) is 20.2 Å². The van der Waals surface area contributed by atoms with E-state index < -0.39 is 5.97 Å². The van der Waals surface area contributed by atoms with E-state index in [-0.39, 0.29) is 23.9 Å². The van der Waals surface area contributed by atoms with Crippen molar-refractivity contribution in [2.24, 2.45) is 5.92 Å². The third-order valence-electron chi connectivity index (χ3n) is 3.43. The molecule has 0 spiro atoms. The highest BCUT2D eigenvalue weighted by Gasteiger charge is 2.25. The summed E-state index contributed by atoms with van der Waals surface area (Å²) in [6.07, 6.45) is 1.59. The summed E-state index contributed by atoms with van der Waals surface area (Å²) in [5.41, 5.74) is 0.280. The van der Waals surface area contributed by atoms with E-state index in [0.29, 0.717) is 31.8 Å². The normalized spacial score (nSPS) is 15.9. The molecule has 0 unspecified atom stereocenters. The van der Waals surface area contributed by atoms with Crippen LogP contribution in [0.3, 0.4) is 0 Å². The molecule has 0 radical (unpaired) electrons. The third kappa shape index (κ3) is 3.43. The van der Waals surface area contributed by atoms with E-state index in [1.807, 2.05) is 0 Å². The number of rotatable bonds is 4. The quantitative estimate of drug-likeness (QED) is 0.876. The molecule has 7 heteroatoms. The largest absolute Gasteiger partial charge is 0.481 e. The Morgan fingerprint density at radius 3 is 2.55 bits per heavy atom. The first-order chi connectivity index (χ1) is 9.60. The summed E-state index contributed by atoms with van der Waals surface area (Å²) >= 11 is 0. The highest BCUT2D eigenvalue weighted by atomic mass is 16.5. The molecule has 7 nitrogen and oxygen atoms in total. The van der Waals surface area contributed by atoms with E-state index in [9.17, 15) is 9.59 Å². The zero-order valence-electron chi connectivity index (χ0n) is 11.3. The van der Waals surface area contributed by atoms with Crippen LogP contribution < -0.4 is 4.74 Å². The molecule has 20 heavy (non-hydrogen) atoms. The van der Waals surface area contributed by atoms with Crippen LogP contribution in [0.2, 0.25) is 0 Å². The second-order valence-electron chi connectivity index (χ2n) is 4.79. The van der Waals surface area contributed by atoms with Gasteiger partial charge in [0.2, 0.25) is 5.88 Å². The summed E-state index contributed by atoms with van der Waals surface area (Å²) in [6.45, 7) is 1.12. The van der Waals surface area contributed by atoms with Crippen LogP contribution in [0.1, 0.15) is 29.8 Å². The van der Waals surface area contributed by atoms with Gasteiger partial charge in [-0.25, -0.2) is 0 Å². The average molecular weight is 279 g/mol. The molecule has 1 aromatic rings. The van der Waals surface area contributed by atoms with Crippen molar-refractivity contribution in [3.05, 3.63) is 17.8 Å². The van der Waals surface area contributed by atoms with E-state index in [2.05, 4.69) is 10.2 Å². The van der Waals surface area contributed by atoms with Crippen LogP contribution in [0.4, 0.5) is 0 Å². The summed E-state index contributed by atoms with van der Waals surface area (Å²) in [6, 6.07) is 3.18. The van der Waals surface area contributed by atoms with Gasteiger partial charge in [0, 0.05) is 25.6 Å². The number of hydrogen-bond donors (Lipinski definition) is 1. The lowest BCUT2D eigenvalue weighted by molar-refractivity contribution is -0.138. The van der Waals surface area contributed by atoms with E-state index >= 15 is 0 Å². The Labute approximate surface area is 116 Å². The maximum Gasteiger partial charge on any atom is 0.303 e. The monoisotopic (exact) mass is 279 g/mol. The number of nitrogens with zero attached hydrogens (tertiary/aromatic N) is 3. The molecule has 0 aromatic carbocycles. The zero-order valence-corrected chi connectivity index (χ0v) is 11.3. The first-order valence-electron chi connectivity index (χ1n) is 6.49. The van der Waals surface area contributed by atoms with Gasteiger partial charge in [0.05, 0.1) is 7.11 Å². The topological polar surface area (TPSA) is 92.6 Å². The van der Waals surface area contributed by atoms with Gasteiger partial charge in [-0.3, -0.25) is 9.59 Å². The summed E-state index contributed by atoms with van der Waals surface area (Å²) in [5.74, 6) is -0.440. The number of ether oxygens (including phenoxy) is 1. The van der Waals surface area contributed by atoms with Crippen LogP contribution >= 0.6 is 0 Å². The number of methoxy groups -OCH3 is 1. The first-order valence-corrected chi connectivity index (χ1v) is 6.49. The predicted molar refractivity (Wildman–Crippen MR) is 69.5 cm³/mol. The standard InChI is InChI=1S/C13H17N3O4/c1-20-11-3-2-10(14-15-11)13(19)16-6-4-9(5-7-16)8-12(17)18/h2-3,9H,4-8H2,1H3,(H,17,18).